The summed E-state index contributed by atoms with van der Waals surface area (Å²) in [6.07, 6.45) is 9.60. The molecular formula is C20H25NO2. The molecule has 23 heavy (non-hydrogen) atoms. The van der Waals surface area contributed by atoms with E-state index in [0.29, 0.717) is 24.5 Å². The van der Waals surface area contributed by atoms with Crippen LogP contribution in [-0.4, -0.2) is 16.5 Å². The Balaban J connectivity index is 1.76. The number of fused-ring (bicyclic) bond motifs is 5. The molecule has 0 radical (unpaired) electrons. The molecule has 4 aliphatic carbocycles. The van der Waals surface area contributed by atoms with Crippen LogP contribution in [0.15, 0.2) is 23.3 Å². The van der Waals surface area contributed by atoms with Gasteiger partial charge in [0.05, 0.1) is 11.7 Å². The zero-order chi connectivity index (χ0) is 16.5. The first kappa shape index (κ1) is 15.1. The Kier molecular flexibility index (Phi) is 3.01. The largest absolute Gasteiger partial charge is 0.389 e. The van der Waals surface area contributed by atoms with Gasteiger partial charge >= 0.3 is 0 Å². The molecule has 2 unspecified atom stereocenters. The minimum absolute atomic E-state index is 0.0716. The number of hydrogen-bond donors (Lipinski definition) is 1. The van der Waals surface area contributed by atoms with E-state index in [4.69, 9.17) is 0 Å². The standard InChI is InChI=1S/C20H25NO2/c1-18-9-10-20(23)17(16(18)5-4-14(18)12-21)6-3-13-11-15(22)7-8-19(13,20)2/h3-4,16-17,23H,5-11H2,1-2H3/t16?,17?,18-,19+,20-/m1/s1. The van der Waals surface area contributed by atoms with Gasteiger partial charge in [-0.1, -0.05) is 31.6 Å². The zero-order valence-corrected chi connectivity index (χ0v) is 14.1. The van der Waals surface area contributed by atoms with Crippen LogP contribution in [0.25, 0.3) is 0 Å². The molecule has 0 amide bonds. The Morgan fingerprint density at radius 1 is 1.17 bits per heavy atom. The number of carbonyl (C=O) groups is 1. The first-order valence-corrected chi connectivity index (χ1v) is 8.89. The van der Waals surface area contributed by atoms with E-state index >= 15 is 0 Å². The van der Waals surface area contributed by atoms with E-state index in [-0.39, 0.29) is 16.7 Å². The normalized spacial score (nSPS) is 48.5. The van der Waals surface area contributed by atoms with E-state index in [9.17, 15) is 15.2 Å². The molecule has 0 aliphatic heterocycles. The monoisotopic (exact) mass is 311 g/mol. The lowest BCUT2D eigenvalue weighted by Crippen LogP contribution is -2.62. The van der Waals surface area contributed by atoms with Crippen LogP contribution >= 0.6 is 0 Å². The molecule has 0 heterocycles. The third-order valence-corrected chi connectivity index (χ3v) is 7.83. The van der Waals surface area contributed by atoms with Crippen LogP contribution in [0.5, 0.6) is 0 Å². The van der Waals surface area contributed by atoms with Gasteiger partial charge in [0, 0.05) is 29.2 Å². The quantitative estimate of drug-likeness (QED) is 0.694. The fourth-order valence-corrected chi connectivity index (χ4v) is 6.16. The number of rotatable bonds is 0. The van der Waals surface area contributed by atoms with Gasteiger partial charge in [0.15, 0.2) is 0 Å². The van der Waals surface area contributed by atoms with Crippen molar-refractivity contribution in [2.45, 2.75) is 64.4 Å². The van der Waals surface area contributed by atoms with Gasteiger partial charge in [0.1, 0.15) is 5.78 Å². The average molecular weight is 311 g/mol. The third kappa shape index (κ3) is 1.71. The van der Waals surface area contributed by atoms with Crippen LogP contribution in [0.3, 0.4) is 0 Å². The minimum Gasteiger partial charge on any atom is -0.389 e. The van der Waals surface area contributed by atoms with Crippen molar-refractivity contribution in [3.8, 4) is 6.07 Å². The molecule has 2 saturated carbocycles. The molecule has 122 valence electrons. The number of aliphatic hydroxyl groups is 1. The zero-order valence-electron chi connectivity index (χ0n) is 14.1. The molecule has 4 aliphatic rings. The van der Waals surface area contributed by atoms with Crippen molar-refractivity contribution in [1.29, 1.82) is 5.26 Å². The second-order valence-corrected chi connectivity index (χ2v) is 8.53. The number of allylic oxidation sites excluding steroid dienone is 3. The highest BCUT2D eigenvalue weighted by molar-refractivity contribution is 5.83. The molecule has 4 rings (SSSR count). The smallest absolute Gasteiger partial charge is 0.136 e. The van der Waals surface area contributed by atoms with Crippen LogP contribution in [-0.2, 0) is 4.79 Å². The number of Topliss-reactive ketones (excluding diaryl/α,β-unsaturated/α-hetero) is 1. The number of hydrogen-bond acceptors (Lipinski definition) is 3. The molecule has 5 atom stereocenters. The Bertz CT molecular complexity index is 684. The van der Waals surface area contributed by atoms with Crippen LogP contribution in [0, 0.1) is 34.0 Å². The van der Waals surface area contributed by atoms with Gasteiger partial charge in [-0.3, -0.25) is 4.79 Å². The fourth-order valence-electron chi connectivity index (χ4n) is 6.16. The van der Waals surface area contributed by atoms with E-state index in [1.54, 1.807) is 0 Å². The van der Waals surface area contributed by atoms with Gasteiger partial charge in [-0.2, -0.15) is 5.26 Å². The van der Waals surface area contributed by atoms with Crippen LogP contribution in [0.2, 0.25) is 0 Å². The van der Waals surface area contributed by atoms with Crippen molar-refractivity contribution in [3.05, 3.63) is 23.3 Å². The minimum atomic E-state index is -0.722. The highest BCUT2D eigenvalue weighted by Crippen LogP contribution is 2.66. The Labute approximate surface area is 138 Å². The summed E-state index contributed by atoms with van der Waals surface area (Å²) < 4.78 is 0. The predicted molar refractivity (Wildman–Crippen MR) is 87.2 cm³/mol. The van der Waals surface area contributed by atoms with Crippen LogP contribution in [0.1, 0.15) is 58.8 Å². The molecule has 0 aromatic carbocycles. The van der Waals surface area contributed by atoms with Crippen molar-refractivity contribution in [2.75, 3.05) is 0 Å². The van der Waals surface area contributed by atoms with Crippen molar-refractivity contribution < 1.29 is 9.90 Å². The van der Waals surface area contributed by atoms with Crippen LogP contribution in [0.4, 0.5) is 0 Å². The SMILES string of the molecule is C[C@]12CCC(=O)CC1=CCC1C3CC=C(C#N)[C@@]3(C)CC[C@@]12O. The second kappa shape index (κ2) is 4.57. The van der Waals surface area contributed by atoms with Gasteiger partial charge in [-0.05, 0) is 43.9 Å². The van der Waals surface area contributed by atoms with E-state index < -0.39 is 5.60 Å². The van der Waals surface area contributed by atoms with Gasteiger partial charge in [-0.15, -0.1) is 0 Å². The maximum Gasteiger partial charge on any atom is 0.136 e. The fraction of sp³-hybridized carbons (Fsp3) is 0.700. The number of carbonyl (C=O) groups excluding carboxylic acids is 1. The van der Waals surface area contributed by atoms with Gasteiger partial charge in [0.25, 0.3) is 0 Å². The maximum atomic E-state index is 11.9. The molecule has 0 spiro atoms. The first-order chi connectivity index (χ1) is 10.8. The lowest BCUT2D eigenvalue weighted by atomic mass is 9.45. The highest BCUT2D eigenvalue weighted by Gasteiger charge is 2.64. The van der Waals surface area contributed by atoms with Gasteiger partial charge < -0.3 is 5.11 Å². The molecule has 0 aromatic heterocycles. The highest BCUT2D eigenvalue weighted by atomic mass is 16.3. The van der Waals surface area contributed by atoms with Crippen molar-refractivity contribution >= 4 is 5.78 Å². The number of nitriles is 1. The summed E-state index contributed by atoms with van der Waals surface area (Å²) in [5.41, 5.74) is 1.03. The van der Waals surface area contributed by atoms with E-state index in [0.717, 1.165) is 37.7 Å². The van der Waals surface area contributed by atoms with Gasteiger partial charge in [0.2, 0.25) is 0 Å². The molecular weight excluding hydrogens is 286 g/mol. The van der Waals surface area contributed by atoms with Gasteiger partial charge in [-0.25, -0.2) is 0 Å². The molecule has 0 aromatic rings. The average Bonchev–Trinajstić information content (AvgIpc) is 2.86. The lowest BCUT2D eigenvalue weighted by Gasteiger charge is -2.61. The van der Waals surface area contributed by atoms with Crippen molar-refractivity contribution in [3.63, 3.8) is 0 Å². The lowest BCUT2D eigenvalue weighted by molar-refractivity contribution is -0.177. The molecule has 0 saturated heterocycles. The molecule has 2 fully saturated rings. The molecule has 1 N–H and O–H groups in total. The maximum absolute atomic E-state index is 11.9. The van der Waals surface area contributed by atoms with Crippen LogP contribution < -0.4 is 0 Å². The van der Waals surface area contributed by atoms with E-state index in [1.807, 2.05) is 0 Å². The Morgan fingerprint density at radius 3 is 2.65 bits per heavy atom. The topological polar surface area (TPSA) is 61.1 Å². The van der Waals surface area contributed by atoms with Crippen molar-refractivity contribution in [2.24, 2.45) is 22.7 Å². The molecule has 3 nitrogen and oxygen atoms in total. The number of nitrogens with zero attached hydrogens (tertiary/aromatic N) is 1. The summed E-state index contributed by atoms with van der Waals surface area (Å²) in [5, 5.41) is 21.3. The summed E-state index contributed by atoms with van der Waals surface area (Å²) >= 11 is 0. The summed E-state index contributed by atoms with van der Waals surface area (Å²) in [6, 6.07) is 2.40. The summed E-state index contributed by atoms with van der Waals surface area (Å²) in [7, 11) is 0. The summed E-state index contributed by atoms with van der Waals surface area (Å²) in [4.78, 5) is 11.9. The Morgan fingerprint density at radius 2 is 1.91 bits per heavy atom. The molecule has 0 bridgehead atoms. The number of ketones is 1. The molecule has 3 heteroatoms. The summed E-state index contributed by atoms with van der Waals surface area (Å²) in [5.74, 6) is 0.860. The van der Waals surface area contributed by atoms with E-state index in [1.165, 1.54) is 5.57 Å². The predicted octanol–water partition coefficient (Wildman–Crippen LogP) is 3.69. The first-order valence-electron chi connectivity index (χ1n) is 8.89. The Hall–Kier alpha value is -1.40. The third-order valence-electron chi connectivity index (χ3n) is 7.83. The second-order valence-electron chi connectivity index (χ2n) is 8.53. The summed E-state index contributed by atoms with van der Waals surface area (Å²) in [6.45, 7) is 4.39. The van der Waals surface area contributed by atoms with Crippen molar-refractivity contribution in [1.82, 2.24) is 0 Å². The van der Waals surface area contributed by atoms with E-state index in [2.05, 4.69) is 32.1 Å².